The van der Waals surface area contributed by atoms with E-state index >= 15 is 0 Å². The third kappa shape index (κ3) is 3.01. The van der Waals surface area contributed by atoms with Gasteiger partial charge in [-0.1, -0.05) is 40.2 Å². The van der Waals surface area contributed by atoms with Crippen LogP contribution in [0.2, 0.25) is 0 Å². The molecule has 0 saturated carbocycles. The first-order valence-corrected chi connectivity index (χ1v) is 5.63. The van der Waals surface area contributed by atoms with Crippen molar-refractivity contribution in [3.63, 3.8) is 0 Å². The molecule has 0 atom stereocenters. The molecule has 0 fully saturated rings. The topological polar surface area (TPSA) is 23.8 Å². The van der Waals surface area contributed by atoms with Gasteiger partial charge in [-0.15, -0.1) is 0 Å². The second-order valence-electron chi connectivity index (χ2n) is 3.08. The van der Waals surface area contributed by atoms with Crippen LogP contribution in [0, 0.1) is 18.3 Å². The number of benzene rings is 1. The highest BCUT2D eigenvalue weighted by atomic mass is 79.9. The van der Waals surface area contributed by atoms with Crippen molar-refractivity contribution in [2.75, 3.05) is 5.33 Å². The Bertz CT molecular complexity index is 374. The van der Waals surface area contributed by atoms with E-state index in [1.54, 1.807) is 0 Å². The van der Waals surface area contributed by atoms with E-state index in [9.17, 15) is 0 Å². The van der Waals surface area contributed by atoms with Crippen LogP contribution in [-0.2, 0) is 0 Å². The Morgan fingerprint density at radius 2 is 2.29 bits per heavy atom. The number of hydrogen-bond donors (Lipinski definition) is 0. The SMILES string of the molecule is Cc1ccc(C=CCCBr)c(C#N)c1. The van der Waals surface area contributed by atoms with E-state index < -0.39 is 0 Å². The normalized spacial score (nSPS) is 10.4. The van der Waals surface area contributed by atoms with Gasteiger partial charge in [-0.05, 0) is 30.5 Å². The van der Waals surface area contributed by atoms with Crippen molar-refractivity contribution in [3.8, 4) is 6.07 Å². The largest absolute Gasteiger partial charge is 0.192 e. The van der Waals surface area contributed by atoms with Gasteiger partial charge in [0.15, 0.2) is 0 Å². The molecule has 0 amide bonds. The molecule has 0 aliphatic rings. The number of halogens is 1. The van der Waals surface area contributed by atoms with Crippen molar-refractivity contribution in [2.45, 2.75) is 13.3 Å². The summed E-state index contributed by atoms with van der Waals surface area (Å²) >= 11 is 3.35. The zero-order chi connectivity index (χ0) is 10.4. The number of aryl methyl sites for hydroxylation is 1. The molecular formula is C12H12BrN. The van der Waals surface area contributed by atoms with E-state index in [0.717, 1.165) is 28.4 Å². The minimum Gasteiger partial charge on any atom is -0.192 e. The van der Waals surface area contributed by atoms with Gasteiger partial charge in [0.2, 0.25) is 0 Å². The maximum absolute atomic E-state index is 8.91. The quantitative estimate of drug-likeness (QED) is 0.751. The lowest BCUT2D eigenvalue weighted by Gasteiger charge is -1.98. The van der Waals surface area contributed by atoms with Gasteiger partial charge in [-0.25, -0.2) is 0 Å². The van der Waals surface area contributed by atoms with Crippen LogP contribution in [0.25, 0.3) is 6.08 Å². The average Bonchev–Trinajstić information content (AvgIpc) is 2.20. The summed E-state index contributed by atoms with van der Waals surface area (Å²) in [5.74, 6) is 0. The van der Waals surface area contributed by atoms with Crippen LogP contribution in [0.3, 0.4) is 0 Å². The number of alkyl halides is 1. The van der Waals surface area contributed by atoms with E-state index in [-0.39, 0.29) is 0 Å². The van der Waals surface area contributed by atoms with Crippen molar-refractivity contribution < 1.29 is 0 Å². The fraction of sp³-hybridized carbons (Fsp3) is 0.250. The molecule has 0 bridgehead atoms. The molecule has 0 heterocycles. The van der Waals surface area contributed by atoms with Crippen LogP contribution < -0.4 is 0 Å². The van der Waals surface area contributed by atoms with Gasteiger partial charge >= 0.3 is 0 Å². The number of nitrogens with zero attached hydrogens (tertiary/aromatic N) is 1. The lowest BCUT2D eigenvalue weighted by Crippen LogP contribution is -1.83. The van der Waals surface area contributed by atoms with Gasteiger partial charge in [0.1, 0.15) is 0 Å². The average molecular weight is 250 g/mol. The van der Waals surface area contributed by atoms with Crippen LogP contribution in [0.1, 0.15) is 23.1 Å². The Hall–Kier alpha value is -1.07. The van der Waals surface area contributed by atoms with Gasteiger partial charge in [-0.2, -0.15) is 5.26 Å². The first-order valence-electron chi connectivity index (χ1n) is 4.51. The summed E-state index contributed by atoms with van der Waals surface area (Å²) in [5.41, 5.74) is 2.87. The summed E-state index contributed by atoms with van der Waals surface area (Å²) in [6, 6.07) is 8.12. The zero-order valence-corrected chi connectivity index (χ0v) is 9.71. The first kappa shape index (κ1) is 11.0. The van der Waals surface area contributed by atoms with Crippen LogP contribution >= 0.6 is 15.9 Å². The highest BCUT2D eigenvalue weighted by Gasteiger charge is 1.97. The third-order valence-electron chi connectivity index (χ3n) is 1.90. The predicted octanol–water partition coefficient (Wildman–Crippen LogP) is 3.66. The molecule has 1 aromatic carbocycles. The minimum atomic E-state index is 0.746. The molecule has 1 aromatic rings. The molecular weight excluding hydrogens is 238 g/mol. The Balaban J connectivity index is 2.92. The zero-order valence-electron chi connectivity index (χ0n) is 8.13. The van der Waals surface area contributed by atoms with Gasteiger partial charge in [-0.3, -0.25) is 0 Å². The van der Waals surface area contributed by atoms with Crippen LogP contribution in [0.4, 0.5) is 0 Å². The Morgan fingerprint density at radius 3 is 2.93 bits per heavy atom. The summed E-state index contributed by atoms with van der Waals surface area (Å²) in [7, 11) is 0. The molecule has 72 valence electrons. The summed E-state index contributed by atoms with van der Waals surface area (Å²) < 4.78 is 0. The summed E-state index contributed by atoms with van der Waals surface area (Å²) in [6.07, 6.45) is 5.05. The molecule has 0 aliphatic carbocycles. The highest BCUT2D eigenvalue weighted by molar-refractivity contribution is 9.09. The summed E-state index contributed by atoms with van der Waals surface area (Å²) in [6.45, 7) is 1.99. The van der Waals surface area contributed by atoms with Gasteiger partial charge in [0.25, 0.3) is 0 Å². The van der Waals surface area contributed by atoms with Gasteiger partial charge in [0.05, 0.1) is 11.6 Å². The van der Waals surface area contributed by atoms with E-state index in [4.69, 9.17) is 5.26 Å². The Morgan fingerprint density at radius 1 is 1.50 bits per heavy atom. The van der Waals surface area contributed by atoms with Crippen molar-refractivity contribution in [2.24, 2.45) is 0 Å². The highest BCUT2D eigenvalue weighted by Crippen LogP contribution is 2.12. The third-order valence-corrected chi connectivity index (χ3v) is 2.36. The molecule has 0 aliphatic heterocycles. The van der Waals surface area contributed by atoms with E-state index in [1.165, 1.54) is 0 Å². The van der Waals surface area contributed by atoms with Crippen LogP contribution in [0.15, 0.2) is 24.3 Å². The second-order valence-corrected chi connectivity index (χ2v) is 3.88. The molecule has 1 nitrogen and oxygen atoms in total. The number of rotatable bonds is 3. The minimum absolute atomic E-state index is 0.746. The monoisotopic (exact) mass is 249 g/mol. The standard InChI is InChI=1S/C12H12BrN/c1-10-5-6-11(4-2-3-7-13)12(8-10)9-14/h2,4-6,8H,3,7H2,1H3. The molecule has 0 spiro atoms. The number of hydrogen-bond acceptors (Lipinski definition) is 1. The maximum Gasteiger partial charge on any atom is 0.0998 e. The Labute approximate surface area is 93.2 Å². The maximum atomic E-state index is 8.91. The fourth-order valence-corrected chi connectivity index (χ4v) is 1.45. The van der Waals surface area contributed by atoms with E-state index in [0.29, 0.717) is 0 Å². The van der Waals surface area contributed by atoms with Crippen molar-refractivity contribution >= 4 is 22.0 Å². The Kier molecular flexibility index (Phi) is 4.42. The van der Waals surface area contributed by atoms with E-state index in [2.05, 4.69) is 28.1 Å². The summed E-state index contributed by atoms with van der Waals surface area (Å²) in [4.78, 5) is 0. The number of allylic oxidation sites excluding steroid dienone is 1. The molecule has 1 rings (SSSR count). The number of nitriles is 1. The molecule has 0 N–H and O–H groups in total. The first-order chi connectivity index (χ1) is 6.77. The lowest BCUT2D eigenvalue weighted by molar-refractivity contribution is 1.27. The van der Waals surface area contributed by atoms with Crippen molar-refractivity contribution in [1.29, 1.82) is 5.26 Å². The second kappa shape index (κ2) is 5.62. The van der Waals surface area contributed by atoms with E-state index in [1.807, 2.05) is 31.2 Å². The predicted molar refractivity (Wildman–Crippen MR) is 63.3 cm³/mol. The fourth-order valence-electron chi connectivity index (χ4n) is 1.19. The van der Waals surface area contributed by atoms with Crippen LogP contribution in [0.5, 0.6) is 0 Å². The van der Waals surface area contributed by atoms with Crippen LogP contribution in [-0.4, -0.2) is 5.33 Å². The molecule has 0 saturated heterocycles. The van der Waals surface area contributed by atoms with Gasteiger partial charge in [0, 0.05) is 5.33 Å². The van der Waals surface area contributed by atoms with Crippen molar-refractivity contribution in [1.82, 2.24) is 0 Å². The van der Waals surface area contributed by atoms with Gasteiger partial charge < -0.3 is 0 Å². The molecule has 0 aromatic heterocycles. The van der Waals surface area contributed by atoms with Crippen molar-refractivity contribution in [3.05, 3.63) is 41.0 Å². The molecule has 2 heteroatoms. The molecule has 14 heavy (non-hydrogen) atoms. The summed E-state index contributed by atoms with van der Waals surface area (Å²) in [5, 5.41) is 9.86. The lowest BCUT2D eigenvalue weighted by atomic mass is 10.0. The molecule has 0 unspecified atom stereocenters. The smallest absolute Gasteiger partial charge is 0.0998 e. The molecule has 0 radical (unpaired) electrons.